The fourth-order valence-electron chi connectivity index (χ4n) is 3.19. The fraction of sp³-hybridized carbons (Fsp3) is 0.300. The molecule has 0 spiro atoms. The van der Waals surface area contributed by atoms with Gasteiger partial charge >= 0.3 is 0 Å². The standard InChI is InChI=1S/C20H22N4S/c1-2-6-15(7-3-1)18-14-22-20(25-18)24-19-10-4-8-17(23-19)12-11-16-9-5-13-21-16/h1-4,6-8,10,14,16,21H,5,9,11-13H2,(H,22,23,24)/t16-/m0/s1. The molecule has 4 nitrogen and oxygen atoms in total. The van der Waals surface area contributed by atoms with Gasteiger partial charge in [-0.15, -0.1) is 0 Å². The van der Waals surface area contributed by atoms with Crippen LogP contribution in [0.4, 0.5) is 10.9 Å². The maximum absolute atomic E-state index is 4.74. The van der Waals surface area contributed by atoms with E-state index in [2.05, 4.69) is 39.9 Å². The molecular formula is C20H22N4S. The van der Waals surface area contributed by atoms with Gasteiger partial charge in [-0.3, -0.25) is 0 Å². The molecule has 0 radical (unpaired) electrons. The minimum Gasteiger partial charge on any atom is -0.316 e. The van der Waals surface area contributed by atoms with Gasteiger partial charge in [-0.1, -0.05) is 47.7 Å². The Morgan fingerprint density at radius 1 is 1.12 bits per heavy atom. The van der Waals surface area contributed by atoms with E-state index in [1.165, 1.54) is 18.4 Å². The average Bonchev–Trinajstić information content (AvgIpc) is 3.33. The van der Waals surface area contributed by atoms with Gasteiger partial charge in [0.05, 0.1) is 4.88 Å². The van der Waals surface area contributed by atoms with E-state index in [-0.39, 0.29) is 0 Å². The molecular weight excluding hydrogens is 328 g/mol. The van der Waals surface area contributed by atoms with Crippen molar-refractivity contribution in [2.24, 2.45) is 0 Å². The summed E-state index contributed by atoms with van der Waals surface area (Å²) in [6.07, 6.45) is 6.68. The van der Waals surface area contributed by atoms with Crippen molar-refractivity contribution in [3.8, 4) is 10.4 Å². The van der Waals surface area contributed by atoms with Gasteiger partial charge in [-0.2, -0.15) is 0 Å². The monoisotopic (exact) mass is 350 g/mol. The molecule has 0 bridgehead atoms. The van der Waals surface area contributed by atoms with Gasteiger partial charge < -0.3 is 10.6 Å². The first-order valence-electron chi connectivity index (χ1n) is 8.84. The van der Waals surface area contributed by atoms with Crippen LogP contribution in [0.25, 0.3) is 10.4 Å². The summed E-state index contributed by atoms with van der Waals surface area (Å²) in [7, 11) is 0. The van der Waals surface area contributed by atoms with Crippen molar-refractivity contribution in [3.63, 3.8) is 0 Å². The van der Waals surface area contributed by atoms with Crippen molar-refractivity contribution >= 4 is 22.3 Å². The number of aromatic nitrogens is 2. The van der Waals surface area contributed by atoms with Crippen LogP contribution in [0.1, 0.15) is 25.0 Å². The molecule has 1 atom stereocenters. The highest BCUT2D eigenvalue weighted by Crippen LogP contribution is 2.30. The first kappa shape index (κ1) is 16.2. The lowest BCUT2D eigenvalue weighted by Crippen LogP contribution is -2.21. The predicted molar refractivity (Wildman–Crippen MR) is 104 cm³/mol. The van der Waals surface area contributed by atoms with E-state index in [4.69, 9.17) is 4.98 Å². The molecule has 3 heterocycles. The van der Waals surface area contributed by atoms with Crippen LogP contribution in [-0.2, 0) is 6.42 Å². The number of anilines is 2. The van der Waals surface area contributed by atoms with Crippen molar-refractivity contribution in [2.45, 2.75) is 31.7 Å². The quantitative estimate of drug-likeness (QED) is 0.680. The summed E-state index contributed by atoms with van der Waals surface area (Å²) < 4.78 is 0. The molecule has 1 aliphatic heterocycles. The van der Waals surface area contributed by atoms with E-state index in [0.717, 1.165) is 40.9 Å². The highest BCUT2D eigenvalue weighted by Gasteiger charge is 2.14. The van der Waals surface area contributed by atoms with E-state index in [9.17, 15) is 0 Å². The van der Waals surface area contributed by atoms with E-state index in [0.29, 0.717) is 6.04 Å². The van der Waals surface area contributed by atoms with E-state index >= 15 is 0 Å². The van der Waals surface area contributed by atoms with E-state index in [1.807, 2.05) is 30.5 Å². The first-order valence-corrected chi connectivity index (χ1v) is 9.66. The molecule has 1 saturated heterocycles. The van der Waals surface area contributed by atoms with Crippen molar-refractivity contribution in [1.82, 2.24) is 15.3 Å². The van der Waals surface area contributed by atoms with Crippen LogP contribution in [0.5, 0.6) is 0 Å². The Morgan fingerprint density at radius 3 is 2.88 bits per heavy atom. The third kappa shape index (κ3) is 4.24. The van der Waals surface area contributed by atoms with Gasteiger partial charge in [0.2, 0.25) is 0 Å². The van der Waals surface area contributed by atoms with E-state index < -0.39 is 0 Å². The number of nitrogens with one attached hydrogen (secondary N) is 2. The zero-order valence-electron chi connectivity index (χ0n) is 14.1. The van der Waals surface area contributed by atoms with Gasteiger partial charge in [0.25, 0.3) is 0 Å². The zero-order chi connectivity index (χ0) is 16.9. The number of nitrogens with zero attached hydrogens (tertiary/aromatic N) is 2. The second-order valence-electron chi connectivity index (χ2n) is 6.37. The number of aryl methyl sites for hydroxylation is 1. The molecule has 2 aromatic heterocycles. The molecule has 0 aliphatic carbocycles. The van der Waals surface area contributed by atoms with Gasteiger partial charge in [0.15, 0.2) is 5.13 Å². The largest absolute Gasteiger partial charge is 0.316 e. The normalized spacial score (nSPS) is 16.9. The Labute approximate surface area is 152 Å². The lowest BCUT2D eigenvalue weighted by atomic mass is 10.1. The number of thiazole rings is 1. The van der Waals surface area contributed by atoms with Crippen LogP contribution >= 0.6 is 11.3 Å². The molecule has 0 unspecified atom stereocenters. The minimum atomic E-state index is 0.658. The van der Waals surface area contributed by atoms with Gasteiger partial charge in [-0.25, -0.2) is 9.97 Å². The predicted octanol–water partition coefficient (Wildman–Crippen LogP) is 4.63. The zero-order valence-corrected chi connectivity index (χ0v) is 14.9. The minimum absolute atomic E-state index is 0.658. The van der Waals surface area contributed by atoms with Crippen molar-refractivity contribution in [1.29, 1.82) is 0 Å². The molecule has 1 aromatic carbocycles. The van der Waals surface area contributed by atoms with Crippen LogP contribution in [-0.4, -0.2) is 22.6 Å². The van der Waals surface area contributed by atoms with Gasteiger partial charge in [-0.05, 0) is 49.9 Å². The van der Waals surface area contributed by atoms with Crippen LogP contribution in [0, 0.1) is 0 Å². The van der Waals surface area contributed by atoms with Crippen molar-refractivity contribution in [3.05, 3.63) is 60.4 Å². The molecule has 5 heteroatoms. The Kier molecular flexibility index (Phi) is 5.04. The summed E-state index contributed by atoms with van der Waals surface area (Å²) >= 11 is 1.65. The number of hydrogen-bond donors (Lipinski definition) is 2. The van der Waals surface area contributed by atoms with Crippen LogP contribution in [0.2, 0.25) is 0 Å². The number of hydrogen-bond acceptors (Lipinski definition) is 5. The van der Waals surface area contributed by atoms with Gasteiger partial charge in [0, 0.05) is 17.9 Å². The number of rotatable bonds is 6. The summed E-state index contributed by atoms with van der Waals surface area (Å²) in [6.45, 7) is 1.16. The lowest BCUT2D eigenvalue weighted by molar-refractivity contribution is 0.555. The molecule has 0 saturated carbocycles. The highest BCUT2D eigenvalue weighted by atomic mass is 32.1. The first-order chi connectivity index (χ1) is 12.4. The van der Waals surface area contributed by atoms with Crippen molar-refractivity contribution in [2.75, 3.05) is 11.9 Å². The number of pyridine rings is 1. The SMILES string of the molecule is c1ccc(-c2cnc(Nc3cccc(CC[C@@H]4CCCN4)n3)s2)cc1. The van der Waals surface area contributed by atoms with Crippen LogP contribution in [0.3, 0.4) is 0 Å². The van der Waals surface area contributed by atoms with Crippen molar-refractivity contribution < 1.29 is 0 Å². The molecule has 25 heavy (non-hydrogen) atoms. The van der Waals surface area contributed by atoms with E-state index in [1.54, 1.807) is 11.3 Å². The molecule has 0 amide bonds. The summed E-state index contributed by atoms with van der Waals surface area (Å²) in [4.78, 5) is 10.4. The smallest absolute Gasteiger partial charge is 0.188 e. The second-order valence-corrected chi connectivity index (χ2v) is 7.40. The lowest BCUT2D eigenvalue weighted by Gasteiger charge is -2.10. The Morgan fingerprint density at radius 2 is 2.04 bits per heavy atom. The summed E-state index contributed by atoms with van der Waals surface area (Å²) in [5, 5.41) is 7.77. The summed E-state index contributed by atoms with van der Waals surface area (Å²) in [5.74, 6) is 0.867. The Hall–Kier alpha value is -2.24. The summed E-state index contributed by atoms with van der Waals surface area (Å²) in [6, 6.07) is 17.2. The highest BCUT2D eigenvalue weighted by molar-refractivity contribution is 7.18. The topological polar surface area (TPSA) is 49.8 Å². The van der Waals surface area contributed by atoms with Gasteiger partial charge in [0.1, 0.15) is 5.82 Å². The molecule has 3 aromatic rings. The Bertz CT molecular complexity index is 809. The molecule has 4 rings (SSSR count). The third-order valence-electron chi connectivity index (χ3n) is 4.52. The summed E-state index contributed by atoms with van der Waals surface area (Å²) in [5.41, 5.74) is 2.33. The third-order valence-corrected chi connectivity index (χ3v) is 5.48. The van der Waals surface area contributed by atoms with Crippen LogP contribution < -0.4 is 10.6 Å². The molecule has 1 aliphatic rings. The molecule has 128 valence electrons. The molecule has 2 N–H and O–H groups in total. The maximum atomic E-state index is 4.74. The Balaban J connectivity index is 1.40. The maximum Gasteiger partial charge on any atom is 0.188 e. The average molecular weight is 350 g/mol. The fourth-order valence-corrected chi connectivity index (χ4v) is 4.02. The number of benzene rings is 1. The van der Waals surface area contributed by atoms with Crippen LogP contribution in [0.15, 0.2) is 54.7 Å². The second kappa shape index (κ2) is 7.76. The molecule has 1 fully saturated rings.